The van der Waals surface area contributed by atoms with Gasteiger partial charge in [-0.25, -0.2) is 0 Å². The van der Waals surface area contributed by atoms with E-state index < -0.39 is 0 Å². The number of rotatable bonds is 5. The van der Waals surface area contributed by atoms with Gasteiger partial charge in [0.25, 0.3) is 0 Å². The lowest BCUT2D eigenvalue weighted by molar-refractivity contribution is -0.119. The molecular weight excluding hydrogens is 334 g/mol. The van der Waals surface area contributed by atoms with Crippen molar-refractivity contribution in [1.29, 1.82) is 0 Å². The molecule has 1 amide bonds. The SMILES string of the molecule is CC(=O)NCc1ccc2c(c1)N(C1CCN(Cc3ccccc3)CC1)CC2. The zero-order chi connectivity index (χ0) is 18.6. The number of nitrogens with zero attached hydrogens (tertiary/aromatic N) is 2. The highest BCUT2D eigenvalue weighted by Gasteiger charge is 2.29. The van der Waals surface area contributed by atoms with E-state index in [4.69, 9.17) is 0 Å². The molecule has 1 saturated heterocycles. The third kappa shape index (κ3) is 4.33. The molecule has 2 aromatic carbocycles. The third-order valence-corrected chi connectivity index (χ3v) is 5.87. The number of nitrogens with one attached hydrogen (secondary N) is 1. The van der Waals surface area contributed by atoms with Crippen LogP contribution in [-0.2, 0) is 24.3 Å². The molecule has 2 aliphatic heterocycles. The van der Waals surface area contributed by atoms with Crippen molar-refractivity contribution in [2.45, 2.75) is 45.3 Å². The predicted molar refractivity (Wildman–Crippen MR) is 110 cm³/mol. The van der Waals surface area contributed by atoms with E-state index in [-0.39, 0.29) is 5.91 Å². The Hall–Kier alpha value is -2.33. The first kappa shape index (κ1) is 18.1. The minimum atomic E-state index is 0.0261. The van der Waals surface area contributed by atoms with Gasteiger partial charge in [0.1, 0.15) is 0 Å². The largest absolute Gasteiger partial charge is 0.368 e. The predicted octanol–water partition coefficient (Wildman–Crippen LogP) is 3.35. The summed E-state index contributed by atoms with van der Waals surface area (Å²) < 4.78 is 0. The Balaban J connectivity index is 1.37. The van der Waals surface area contributed by atoms with Crippen molar-refractivity contribution in [2.75, 3.05) is 24.5 Å². The summed E-state index contributed by atoms with van der Waals surface area (Å²) >= 11 is 0. The van der Waals surface area contributed by atoms with Crippen LogP contribution in [0.3, 0.4) is 0 Å². The number of anilines is 1. The Labute approximate surface area is 162 Å². The van der Waals surface area contributed by atoms with E-state index in [1.165, 1.54) is 35.2 Å². The van der Waals surface area contributed by atoms with Crippen LogP contribution in [0.5, 0.6) is 0 Å². The van der Waals surface area contributed by atoms with Gasteiger partial charge < -0.3 is 10.2 Å². The van der Waals surface area contributed by atoms with Crippen LogP contribution in [0, 0.1) is 0 Å². The minimum absolute atomic E-state index is 0.0261. The lowest BCUT2D eigenvalue weighted by atomic mass is 10.0. The average molecular weight is 364 g/mol. The molecule has 1 fully saturated rings. The van der Waals surface area contributed by atoms with Crippen LogP contribution in [0.2, 0.25) is 0 Å². The van der Waals surface area contributed by atoms with Gasteiger partial charge >= 0.3 is 0 Å². The number of hydrogen-bond acceptors (Lipinski definition) is 3. The topological polar surface area (TPSA) is 35.6 Å². The lowest BCUT2D eigenvalue weighted by Crippen LogP contribution is -2.44. The van der Waals surface area contributed by atoms with Crippen molar-refractivity contribution in [3.63, 3.8) is 0 Å². The number of carbonyl (C=O) groups is 1. The van der Waals surface area contributed by atoms with Crippen molar-refractivity contribution in [3.05, 3.63) is 65.2 Å². The molecule has 0 aliphatic carbocycles. The summed E-state index contributed by atoms with van der Waals surface area (Å²) in [6, 6.07) is 18.1. The molecule has 27 heavy (non-hydrogen) atoms. The Morgan fingerprint density at radius 2 is 1.81 bits per heavy atom. The fraction of sp³-hybridized carbons (Fsp3) is 0.435. The van der Waals surface area contributed by atoms with Crippen LogP contribution in [-0.4, -0.2) is 36.5 Å². The maximum atomic E-state index is 11.2. The highest BCUT2D eigenvalue weighted by Crippen LogP contribution is 2.33. The van der Waals surface area contributed by atoms with Gasteiger partial charge in [-0.3, -0.25) is 9.69 Å². The van der Waals surface area contributed by atoms with E-state index in [2.05, 4.69) is 63.6 Å². The van der Waals surface area contributed by atoms with E-state index in [1.54, 1.807) is 6.92 Å². The minimum Gasteiger partial charge on any atom is -0.368 e. The monoisotopic (exact) mass is 363 g/mol. The molecule has 4 nitrogen and oxygen atoms in total. The highest BCUT2D eigenvalue weighted by atomic mass is 16.1. The second-order valence-corrected chi connectivity index (χ2v) is 7.81. The van der Waals surface area contributed by atoms with E-state index >= 15 is 0 Å². The van der Waals surface area contributed by atoms with Gasteiger partial charge in [-0.15, -0.1) is 0 Å². The van der Waals surface area contributed by atoms with Crippen LogP contribution in [0.1, 0.15) is 36.5 Å². The second-order valence-electron chi connectivity index (χ2n) is 7.81. The Morgan fingerprint density at radius 3 is 2.56 bits per heavy atom. The molecule has 4 rings (SSSR count). The number of carbonyl (C=O) groups excluding carboxylic acids is 1. The van der Waals surface area contributed by atoms with Crippen molar-refractivity contribution >= 4 is 11.6 Å². The molecular formula is C23H29N3O. The first-order chi connectivity index (χ1) is 13.2. The molecule has 2 aliphatic rings. The van der Waals surface area contributed by atoms with Crippen molar-refractivity contribution in [2.24, 2.45) is 0 Å². The molecule has 142 valence electrons. The summed E-state index contributed by atoms with van der Waals surface area (Å²) in [7, 11) is 0. The number of benzene rings is 2. The standard InChI is InChI=1S/C23H29N3O/c1-18(27)24-16-20-7-8-21-9-14-26(23(21)15-20)22-10-12-25(13-11-22)17-19-5-3-2-4-6-19/h2-8,15,22H,9-14,16-17H2,1H3,(H,24,27). The van der Waals surface area contributed by atoms with Gasteiger partial charge in [0.05, 0.1) is 0 Å². The van der Waals surface area contributed by atoms with Crippen LogP contribution in [0.4, 0.5) is 5.69 Å². The first-order valence-corrected chi connectivity index (χ1v) is 10.1. The maximum Gasteiger partial charge on any atom is 0.217 e. The molecule has 0 saturated carbocycles. The normalized spacial score (nSPS) is 17.7. The molecule has 0 unspecified atom stereocenters. The lowest BCUT2D eigenvalue weighted by Gasteiger charge is -2.38. The van der Waals surface area contributed by atoms with Crippen LogP contribution in [0.25, 0.3) is 0 Å². The highest BCUT2D eigenvalue weighted by molar-refractivity contribution is 5.73. The Kier molecular flexibility index (Phi) is 5.44. The van der Waals surface area contributed by atoms with Crippen LogP contribution in [0.15, 0.2) is 48.5 Å². The van der Waals surface area contributed by atoms with Gasteiger partial charge in [-0.1, -0.05) is 42.5 Å². The van der Waals surface area contributed by atoms with Crippen LogP contribution < -0.4 is 10.2 Å². The van der Waals surface area contributed by atoms with E-state index in [0.29, 0.717) is 12.6 Å². The average Bonchev–Trinajstić information content (AvgIpc) is 3.11. The van der Waals surface area contributed by atoms with Gasteiger partial charge in [-0.05, 0) is 42.0 Å². The fourth-order valence-corrected chi connectivity index (χ4v) is 4.40. The first-order valence-electron chi connectivity index (χ1n) is 10.1. The fourth-order valence-electron chi connectivity index (χ4n) is 4.40. The molecule has 2 aromatic rings. The summed E-state index contributed by atoms with van der Waals surface area (Å²) in [4.78, 5) is 16.4. The van der Waals surface area contributed by atoms with Crippen molar-refractivity contribution < 1.29 is 4.79 Å². The van der Waals surface area contributed by atoms with E-state index in [1.807, 2.05) is 0 Å². The molecule has 2 heterocycles. The quantitative estimate of drug-likeness (QED) is 0.885. The Bertz CT molecular complexity index is 781. The summed E-state index contributed by atoms with van der Waals surface area (Å²) in [5, 5.41) is 2.91. The molecule has 0 atom stereocenters. The molecule has 0 aromatic heterocycles. The molecule has 4 heteroatoms. The number of hydrogen-bond donors (Lipinski definition) is 1. The summed E-state index contributed by atoms with van der Waals surface area (Å²) in [5.41, 5.74) is 5.44. The number of amides is 1. The smallest absolute Gasteiger partial charge is 0.217 e. The molecule has 0 bridgehead atoms. The van der Waals surface area contributed by atoms with E-state index in [9.17, 15) is 4.79 Å². The number of fused-ring (bicyclic) bond motifs is 1. The van der Waals surface area contributed by atoms with Gasteiger partial charge in [-0.2, -0.15) is 0 Å². The second kappa shape index (κ2) is 8.13. The number of likely N-dealkylation sites (tertiary alicyclic amines) is 1. The van der Waals surface area contributed by atoms with E-state index in [0.717, 1.165) is 32.6 Å². The summed E-state index contributed by atoms with van der Waals surface area (Å²) in [5.74, 6) is 0.0261. The van der Waals surface area contributed by atoms with Crippen LogP contribution >= 0.6 is 0 Å². The molecule has 0 radical (unpaired) electrons. The summed E-state index contributed by atoms with van der Waals surface area (Å²) in [6.07, 6.45) is 3.59. The van der Waals surface area contributed by atoms with Gasteiger partial charge in [0.2, 0.25) is 5.91 Å². The van der Waals surface area contributed by atoms with Crippen molar-refractivity contribution in [1.82, 2.24) is 10.2 Å². The van der Waals surface area contributed by atoms with Gasteiger partial charge in [0, 0.05) is 51.4 Å². The Morgan fingerprint density at radius 1 is 1.04 bits per heavy atom. The molecule has 0 spiro atoms. The molecule has 1 N–H and O–H groups in total. The van der Waals surface area contributed by atoms with Crippen molar-refractivity contribution in [3.8, 4) is 0 Å². The number of piperidine rings is 1. The zero-order valence-corrected chi connectivity index (χ0v) is 16.2. The third-order valence-electron chi connectivity index (χ3n) is 5.87. The summed E-state index contributed by atoms with van der Waals surface area (Å²) in [6.45, 7) is 6.70. The van der Waals surface area contributed by atoms with Gasteiger partial charge in [0.15, 0.2) is 0 Å². The maximum absolute atomic E-state index is 11.2. The zero-order valence-electron chi connectivity index (χ0n) is 16.2.